The highest BCUT2D eigenvalue weighted by Gasteiger charge is 2.29. The summed E-state index contributed by atoms with van der Waals surface area (Å²) in [7, 11) is 1.65. The van der Waals surface area contributed by atoms with E-state index in [1.165, 1.54) is 5.16 Å². The number of benzene rings is 2. The van der Waals surface area contributed by atoms with Gasteiger partial charge in [-0.05, 0) is 54.6 Å². The third kappa shape index (κ3) is 2.94. The second-order valence-corrected chi connectivity index (χ2v) is 7.09. The van der Waals surface area contributed by atoms with E-state index in [1.54, 1.807) is 19.2 Å². The van der Waals surface area contributed by atoms with E-state index in [0.717, 1.165) is 41.4 Å². The number of nitro groups is 1. The number of hydrogen-bond acceptors (Lipinski definition) is 4. The Kier molecular flexibility index (Phi) is 4.38. The maximum atomic E-state index is 10.9. The minimum absolute atomic E-state index is 0.100. The molecule has 6 nitrogen and oxygen atoms in total. The molecule has 4 rings (SSSR count). The highest BCUT2D eigenvalue weighted by molar-refractivity contribution is 7.99. The van der Waals surface area contributed by atoms with Gasteiger partial charge < -0.3 is 4.74 Å². The lowest BCUT2D eigenvalue weighted by Gasteiger charge is -2.10. The van der Waals surface area contributed by atoms with Crippen molar-refractivity contribution < 1.29 is 14.2 Å². The van der Waals surface area contributed by atoms with Crippen molar-refractivity contribution in [2.45, 2.75) is 18.1 Å². The number of nitro benzene ring substituents is 1. The molecule has 0 radical (unpaired) electrons. The van der Waals surface area contributed by atoms with Crippen LogP contribution < -0.4 is 9.30 Å². The van der Waals surface area contributed by atoms with Gasteiger partial charge in [-0.1, -0.05) is 0 Å². The molecule has 132 valence electrons. The lowest BCUT2D eigenvalue weighted by Crippen LogP contribution is -2.37. The van der Waals surface area contributed by atoms with Crippen molar-refractivity contribution in [2.24, 2.45) is 0 Å². The fourth-order valence-electron chi connectivity index (χ4n) is 3.14. The Morgan fingerprint density at radius 2 is 1.88 bits per heavy atom. The maximum Gasteiger partial charge on any atom is 0.323 e. The molecule has 1 aliphatic heterocycles. The van der Waals surface area contributed by atoms with Gasteiger partial charge in [-0.25, -0.2) is 4.57 Å². The van der Waals surface area contributed by atoms with Gasteiger partial charge in [0.1, 0.15) is 17.6 Å². The van der Waals surface area contributed by atoms with Crippen LogP contribution in [-0.4, -0.2) is 22.4 Å². The molecule has 1 aliphatic rings. The van der Waals surface area contributed by atoms with Gasteiger partial charge in [0.25, 0.3) is 5.69 Å². The van der Waals surface area contributed by atoms with Gasteiger partial charge in [0.2, 0.25) is 0 Å². The van der Waals surface area contributed by atoms with Crippen LogP contribution in [0.1, 0.15) is 6.42 Å². The van der Waals surface area contributed by atoms with Gasteiger partial charge in [-0.15, -0.1) is 0 Å². The van der Waals surface area contributed by atoms with Crippen molar-refractivity contribution in [3.8, 4) is 22.7 Å². The van der Waals surface area contributed by atoms with Gasteiger partial charge in [-0.2, -0.15) is 4.57 Å². The number of non-ortho nitro benzene ring substituents is 1. The molecule has 0 N–H and O–H groups in total. The standard InChI is InChI=1S/C19H18N3O3S/c1-25-17-9-7-15(8-10-17)21-18(13-20-11-2-12-26-19(20)21)14-3-5-16(6-4-14)22(23)24/h3-10,13H,2,11-12H2,1H3/q+1. The predicted octanol–water partition coefficient (Wildman–Crippen LogP) is 3.84. The Morgan fingerprint density at radius 3 is 2.54 bits per heavy atom. The van der Waals surface area contributed by atoms with Gasteiger partial charge in [0.05, 0.1) is 18.6 Å². The summed E-state index contributed by atoms with van der Waals surface area (Å²) in [4.78, 5) is 10.6. The summed E-state index contributed by atoms with van der Waals surface area (Å²) in [6.45, 7) is 0.978. The fourth-order valence-corrected chi connectivity index (χ4v) is 4.24. The van der Waals surface area contributed by atoms with Gasteiger partial charge >= 0.3 is 5.16 Å². The average molecular weight is 368 g/mol. The van der Waals surface area contributed by atoms with E-state index in [9.17, 15) is 10.1 Å². The van der Waals surface area contributed by atoms with Crippen LogP contribution in [0.15, 0.2) is 59.9 Å². The van der Waals surface area contributed by atoms with Crippen LogP contribution in [0.25, 0.3) is 16.9 Å². The molecule has 0 bridgehead atoms. The number of imidazole rings is 1. The molecule has 2 aromatic carbocycles. The van der Waals surface area contributed by atoms with Crippen LogP contribution in [-0.2, 0) is 6.54 Å². The number of aryl methyl sites for hydroxylation is 1. The van der Waals surface area contributed by atoms with E-state index in [0.29, 0.717) is 0 Å². The first-order valence-electron chi connectivity index (χ1n) is 8.34. The monoisotopic (exact) mass is 368 g/mol. The number of aromatic nitrogens is 2. The highest BCUT2D eigenvalue weighted by Crippen LogP contribution is 2.32. The zero-order valence-corrected chi connectivity index (χ0v) is 15.1. The summed E-state index contributed by atoms with van der Waals surface area (Å²) in [5.74, 6) is 1.90. The van der Waals surface area contributed by atoms with Crippen LogP contribution in [0, 0.1) is 10.1 Å². The zero-order valence-electron chi connectivity index (χ0n) is 14.3. The van der Waals surface area contributed by atoms with Crippen molar-refractivity contribution in [3.63, 3.8) is 0 Å². The first-order chi connectivity index (χ1) is 12.7. The van der Waals surface area contributed by atoms with Crippen LogP contribution >= 0.6 is 11.8 Å². The molecule has 2 heterocycles. The van der Waals surface area contributed by atoms with E-state index in [2.05, 4.69) is 15.3 Å². The van der Waals surface area contributed by atoms with Gasteiger partial charge in [0, 0.05) is 23.4 Å². The van der Waals surface area contributed by atoms with E-state index in [-0.39, 0.29) is 10.6 Å². The number of methoxy groups -OCH3 is 1. The van der Waals surface area contributed by atoms with Crippen LogP contribution in [0.3, 0.4) is 0 Å². The normalized spacial score (nSPS) is 13.3. The number of fused-ring (bicyclic) bond motifs is 1. The molecule has 3 aromatic rings. The molecular formula is C19H18N3O3S+. The summed E-state index contributed by atoms with van der Waals surface area (Å²) in [6.07, 6.45) is 3.27. The second-order valence-electron chi connectivity index (χ2n) is 6.03. The first-order valence-corrected chi connectivity index (χ1v) is 9.33. The van der Waals surface area contributed by atoms with E-state index >= 15 is 0 Å². The van der Waals surface area contributed by atoms with Crippen LogP contribution in [0.4, 0.5) is 5.69 Å². The molecule has 7 heteroatoms. The molecule has 0 aliphatic carbocycles. The topological polar surface area (TPSA) is 61.2 Å². The second kappa shape index (κ2) is 6.84. The summed E-state index contributed by atoms with van der Waals surface area (Å²) in [5, 5.41) is 12.1. The molecular weight excluding hydrogens is 350 g/mol. The Morgan fingerprint density at radius 1 is 1.15 bits per heavy atom. The van der Waals surface area contributed by atoms with Gasteiger partial charge in [-0.3, -0.25) is 10.1 Å². The van der Waals surface area contributed by atoms with Gasteiger partial charge in [0.15, 0.2) is 5.69 Å². The highest BCUT2D eigenvalue weighted by atomic mass is 32.2. The first kappa shape index (κ1) is 16.7. The smallest absolute Gasteiger partial charge is 0.323 e. The number of nitrogens with zero attached hydrogens (tertiary/aromatic N) is 3. The molecule has 0 amide bonds. The molecule has 0 saturated carbocycles. The molecule has 0 spiro atoms. The third-order valence-corrected chi connectivity index (χ3v) is 5.60. The van der Waals surface area contributed by atoms with Crippen LogP contribution in [0.5, 0.6) is 5.75 Å². The Bertz CT molecular complexity index is 949. The summed E-state index contributed by atoms with van der Waals surface area (Å²) in [6, 6.07) is 14.7. The van der Waals surface area contributed by atoms with Crippen LogP contribution in [0.2, 0.25) is 0 Å². The third-order valence-electron chi connectivity index (χ3n) is 4.44. The quantitative estimate of drug-likeness (QED) is 0.399. The van der Waals surface area contributed by atoms with E-state index in [1.807, 2.05) is 48.2 Å². The predicted molar refractivity (Wildman–Crippen MR) is 99.9 cm³/mol. The summed E-state index contributed by atoms with van der Waals surface area (Å²) >= 11 is 1.83. The van der Waals surface area contributed by atoms with Crippen molar-refractivity contribution in [1.82, 2.24) is 4.57 Å². The molecule has 0 unspecified atom stereocenters. The van der Waals surface area contributed by atoms with Crippen molar-refractivity contribution in [3.05, 3.63) is 64.8 Å². The molecule has 0 atom stereocenters. The van der Waals surface area contributed by atoms with Crippen molar-refractivity contribution in [1.29, 1.82) is 0 Å². The Hall–Kier alpha value is -2.80. The minimum atomic E-state index is -0.373. The molecule has 1 aromatic heterocycles. The fraction of sp³-hybridized carbons (Fsp3) is 0.211. The lowest BCUT2D eigenvalue weighted by molar-refractivity contribution is -0.734. The molecule has 0 saturated heterocycles. The Balaban J connectivity index is 1.85. The SMILES string of the molecule is COc1ccc(-n2c(-c3ccc([N+](=O)[O-])cc3)c[n+]3c2SCCC3)cc1. The zero-order chi connectivity index (χ0) is 18.1. The summed E-state index contributed by atoms with van der Waals surface area (Å²) in [5.41, 5.74) is 3.12. The number of ether oxygens (including phenoxy) is 1. The Labute approximate surface area is 155 Å². The molecule has 0 fully saturated rings. The van der Waals surface area contributed by atoms with E-state index in [4.69, 9.17) is 4.74 Å². The average Bonchev–Trinajstić information content (AvgIpc) is 3.07. The maximum absolute atomic E-state index is 10.9. The molecule has 26 heavy (non-hydrogen) atoms. The van der Waals surface area contributed by atoms with Crippen molar-refractivity contribution in [2.75, 3.05) is 12.9 Å². The largest absolute Gasteiger partial charge is 0.497 e. The minimum Gasteiger partial charge on any atom is -0.497 e. The number of hydrogen-bond donors (Lipinski definition) is 0. The van der Waals surface area contributed by atoms with E-state index < -0.39 is 0 Å². The summed E-state index contributed by atoms with van der Waals surface area (Å²) < 4.78 is 9.74. The number of thioether (sulfide) groups is 1. The van der Waals surface area contributed by atoms with Crippen molar-refractivity contribution >= 4 is 17.4 Å². The number of rotatable bonds is 4. The lowest BCUT2D eigenvalue weighted by atomic mass is 10.1.